The standard InChI is InChI=1S/C33H40N4.2ClH/c1-21-14-23(3)30(24(4)15-21)34-10-12-36(19-34)32-27(7)18-28(8)33(29(32)9)37-13-11-35(20-37)31-25(5)16-22(2)17-26(31)6;;/h10-18H,19-20H2,1-9H3;2*1H/p-2. The van der Waals surface area contributed by atoms with Crippen LogP contribution in [0.2, 0.25) is 0 Å². The van der Waals surface area contributed by atoms with Crippen molar-refractivity contribution in [2.45, 2.75) is 62.3 Å². The van der Waals surface area contributed by atoms with Crippen LogP contribution in [0.3, 0.4) is 0 Å². The van der Waals surface area contributed by atoms with Crippen molar-refractivity contribution in [3.05, 3.63) is 105 Å². The molecule has 0 amide bonds. The van der Waals surface area contributed by atoms with E-state index in [1.165, 1.54) is 72.8 Å². The lowest BCUT2D eigenvalue weighted by atomic mass is 10.0. The average molecular weight is 564 g/mol. The SMILES string of the molecule is Cc1cc(C)c(N2C=CN(c3c(C)cc(C)c(N4C=CN(c5c(C)cc(C)cc5C)C4)c3C)C2)c(C)c1.[Cl-].[Cl-]. The summed E-state index contributed by atoms with van der Waals surface area (Å²) in [6.07, 6.45) is 8.92. The fourth-order valence-corrected chi connectivity index (χ4v) is 6.72. The van der Waals surface area contributed by atoms with Crippen LogP contribution in [0.1, 0.15) is 50.1 Å². The van der Waals surface area contributed by atoms with Crippen LogP contribution >= 0.6 is 0 Å². The molecule has 4 nitrogen and oxygen atoms in total. The van der Waals surface area contributed by atoms with Gasteiger partial charge in [-0.2, -0.15) is 0 Å². The van der Waals surface area contributed by atoms with E-state index in [0.29, 0.717) is 0 Å². The van der Waals surface area contributed by atoms with Crippen LogP contribution < -0.4 is 44.4 Å². The van der Waals surface area contributed by atoms with Crippen molar-refractivity contribution in [2.24, 2.45) is 0 Å². The molecule has 6 heteroatoms. The Morgan fingerprint density at radius 1 is 0.385 bits per heavy atom. The molecule has 0 atom stereocenters. The molecule has 3 aromatic rings. The summed E-state index contributed by atoms with van der Waals surface area (Å²) >= 11 is 0. The molecule has 0 fully saturated rings. The minimum absolute atomic E-state index is 0. The Kier molecular flexibility index (Phi) is 9.04. The summed E-state index contributed by atoms with van der Waals surface area (Å²) in [6.45, 7) is 21.6. The summed E-state index contributed by atoms with van der Waals surface area (Å²) in [5.74, 6) is 0. The van der Waals surface area contributed by atoms with Crippen molar-refractivity contribution in [2.75, 3.05) is 32.9 Å². The fourth-order valence-electron chi connectivity index (χ4n) is 6.72. The van der Waals surface area contributed by atoms with E-state index >= 15 is 0 Å². The van der Waals surface area contributed by atoms with Crippen LogP contribution in [-0.2, 0) is 0 Å². The summed E-state index contributed by atoms with van der Waals surface area (Å²) in [6, 6.07) is 11.5. The van der Waals surface area contributed by atoms with E-state index in [1.807, 2.05) is 0 Å². The quantitative estimate of drug-likeness (QED) is 0.482. The zero-order valence-electron chi connectivity index (χ0n) is 24.7. The molecular formula is C33H40Cl2N4-2. The van der Waals surface area contributed by atoms with Crippen molar-refractivity contribution >= 4 is 22.7 Å². The first-order valence-corrected chi connectivity index (χ1v) is 13.2. The van der Waals surface area contributed by atoms with E-state index in [0.717, 1.165) is 13.3 Å². The van der Waals surface area contributed by atoms with Crippen molar-refractivity contribution in [1.29, 1.82) is 0 Å². The van der Waals surface area contributed by atoms with Gasteiger partial charge in [0.1, 0.15) is 0 Å². The van der Waals surface area contributed by atoms with E-state index in [9.17, 15) is 0 Å². The van der Waals surface area contributed by atoms with Gasteiger partial charge in [-0.1, -0.05) is 41.5 Å². The van der Waals surface area contributed by atoms with Gasteiger partial charge in [-0.25, -0.2) is 0 Å². The molecule has 2 aliphatic heterocycles. The molecule has 0 aliphatic carbocycles. The lowest BCUT2D eigenvalue weighted by Crippen LogP contribution is -3.00. The summed E-state index contributed by atoms with van der Waals surface area (Å²) in [5.41, 5.74) is 17.1. The number of benzene rings is 3. The van der Waals surface area contributed by atoms with Crippen LogP contribution in [0.15, 0.2) is 55.1 Å². The predicted molar refractivity (Wildman–Crippen MR) is 160 cm³/mol. The summed E-state index contributed by atoms with van der Waals surface area (Å²) < 4.78 is 0. The normalized spacial score (nSPS) is 14.3. The molecule has 0 N–H and O–H groups in total. The predicted octanol–water partition coefficient (Wildman–Crippen LogP) is 1.98. The van der Waals surface area contributed by atoms with E-state index in [1.54, 1.807) is 0 Å². The smallest absolute Gasteiger partial charge is 0.0989 e. The van der Waals surface area contributed by atoms with Crippen molar-refractivity contribution < 1.29 is 24.8 Å². The number of halogens is 2. The van der Waals surface area contributed by atoms with Gasteiger partial charge in [0.15, 0.2) is 0 Å². The first kappa shape index (κ1) is 30.5. The van der Waals surface area contributed by atoms with E-state index in [2.05, 4.69) is 137 Å². The third kappa shape index (κ3) is 5.50. The molecule has 0 spiro atoms. The van der Waals surface area contributed by atoms with Gasteiger partial charge >= 0.3 is 0 Å². The second-order valence-corrected chi connectivity index (χ2v) is 11.1. The van der Waals surface area contributed by atoms with Gasteiger partial charge in [0.2, 0.25) is 0 Å². The lowest BCUT2D eigenvalue weighted by Gasteiger charge is -2.31. The largest absolute Gasteiger partial charge is 1.00 e. The maximum absolute atomic E-state index is 2.40. The summed E-state index contributed by atoms with van der Waals surface area (Å²) in [7, 11) is 0. The Balaban J connectivity index is 0.00000210. The van der Waals surface area contributed by atoms with Crippen molar-refractivity contribution in [3.63, 3.8) is 0 Å². The molecule has 5 rings (SSSR count). The Hall–Kier alpha value is -3.08. The van der Waals surface area contributed by atoms with Gasteiger partial charge < -0.3 is 44.4 Å². The third-order valence-electron chi connectivity index (χ3n) is 7.77. The molecule has 2 heterocycles. The molecule has 0 bridgehead atoms. The van der Waals surface area contributed by atoms with Gasteiger partial charge in [0, 0.05) is 36.2 Å². The van der Waals surface area contributed by atoms with Gasteiger partial charge in [-0.05, 0) is 101 Å². The molecule has 39 heavy (non-hydrogen) atoms. The van der Waals surface area contributed by atoms with Crippen molar-refractivity contribution in [3.8, 4) is 0 Å². The van der Waals surface area contributed by atoms with Gasteiger partial charge in [-0.15, -0.1) is 0 Å². The second kappa shape index (κ2) is 11.6. The van der Waals surface area contributed by atoms with Crippen molar-refractivity contribution in [1.82, 2.24) is 0 Å². The summed E-state index contributed by atoms with van der Waals surface area (Å²) in [4.78, 5) is 9.56. The summed E-state index contributed by atoms with van der Waals surface area (Å²) in [5, 5.41) is 0. The van der Waals surface area contributed by atoms with Crippen LogP contribution in [0.4, 0.5) is 22.7 Å². The first-order chi connectivity index (χ1) is 17.5. The molecular weight excluding hydrogens is 523 g/mol. The number of anilines is 4. The van der Waals surface area contributed by atoms with Gasteiger partial charge in [0.25, 0.3) is 0 Å². The second-order valence-electron chi connectivity index (χ2n) is 11.1. The zero-order valence-corrected chi connectivity index (χ0v) is 26.2. The monoisotopic (exact) mass is 562 g/mol. The van der Waals surface area contributed by atoms with Crippen LogP contribution in [0, 0.1) is 62.3 Å². The number of nitrogens with zero attached hydrogens (tertiary/aromatic N) is 4. The Morgan fingerprint density at radius 3 is 0.949 bits per heavy atom. The van der Waals surface area contributed by atoms with Crippen LogP contribution in [-0.4, -0.2) is 13.3 Å². The zero-order chi connectivity index (χ0) is 26.6. The number of hydrogen-bond donors (Lipinski definition) is 0. The molecule has 0 saturated heterocycles. The number of rotatable bonds is 4. The maximum atomic E-state index is 2.40. The Morgan fingerprint density at radius 2 is 0.641 bits per heavy atom. The topological polar surface area (TPSA) is 13.0 Å². The maximum Gasteiger partial charge on any atom is 0.0989 e. The van der Waals surface area contributed by atoms with Crippen LogP contribution in [0.5, 0.6) is 0 Å². The minimum Gasteiger partial charge on any atom is -1.00 e. The third-order valence-corrected chi connectivity index (χ3v) is 7.77. The highest BCUT2D eigenvalue weighted by Gasteiger charge is 2.26. The van der Waals surface area contributed by atoms with E-state index in [-0.39, 0.29) is 24.8 Å². The molecule has 0 aromatic heterocycles. The number of hydrogen-bond acceptors (Lipinski definition) is 4. The molecule has 3 aromatic carbocycles. The van der Waals surface area contributed by atoms with E-state index in [4.69, 9.17) is 0 Å². The molecule has 0 saturated carbocycles. The first-order valence-electron chi connectivity index (χ1n) is 13.2. The van der Waals surface area contributed by atoms with Gasteiger partial charge in [-0.3, -0.25) is 0 Å². The fraction of sp³-hybridized carbons (Fsp3) is 0.333. The minimum atomic E-state index is 0. The van der Waals surface area contributed by atoms with Crippen LogP contribution in [0.25, 0.3) is 0 Å². The molecule has 208 valence electrons. The molecule has 0 unspecified atom stereocenters. The van der Waals surface area contributed by atoms with Gasteiger partial charge in [0.05, 0.1) is 24.7 Å². The average Bonchev–Trinajstić information content (AvgIpc) is 3.43. The van der Waals surface area contributed by atoms with E-state index < -0.39 is 0 Å². The highest BCUT2D eigenvalue weighted by Crippen LogP contribution is 2.40. The highest BCUT2D eigenvalue weighted by atomic mass is 35.5. The molecule has 2 aliphatic rings. The Bertz CT molecular complexity index is 1300. The number of aryl methyl sites for hydroxylation is 8. The lowest BCUT2D eigenvalue weighted by molar-refractivity contribution is -0.00100. The molecule has 0 radical (unpaired) electrons. The highest BCUT2D eigenvalue weighted by molar-refractivity contribution is 5.78. The Labute approximate surface area is 247 Å².